The molecule has 3 heterocycles. The topological polar surface area (TPSA) is 35.7 Å². The highest BCUT2D eigenvalue weighted by atomic mass is 15.3. The zero-order chi connectivity index (χ0) is 13.1. The van der Waals surface area contributed by atoms with Crippen molar-refractivity contribution in [1.82, 2.24) is 14.7 Å². The zero-order valence-corrected chi connectivity index (χ0v) is 12.3. The van der Waals surface area contributed by atoms with Gasteiger partial charge in [0.1, 0.15) is 0 Å². The van der Waals surface area contributed by atoms with E-state index in [-0.39, 0.29) is 0 Å². The summed E-state index contributed by atoms with van der Waals surface area (Å²) < 4.78 is 0. The van der Waals surface area contributed by atoms with Crippen LogP contribution in [0.2, 0.25) is 0 Å². The number of nitrogens with zero attached hydrogens (tertiary/aromatic N) is 3. The first-order valence-corrected chi connectivity index (χ1v) is 8.25. The summed E-state index contributed by atoms with van der Waals surface area (Å²) in [6.07, 6.45) is 6.62. The lowest BCUT2D eigenvalue weighted by atomic mass is 10.1. The fraction of sp³-hybridized carbons (Fsp3) is 1.00. The first kappa shape index (κ1) is 13.8. The molecule has 0 aliphatic carbocycles. The minimum atomic E-state index is 0.461. The van der Waals surface area contributed by atoms with E-state index in [4.69, 9.17) is 5.73 Å². The predicted molar refractivity (Wildman–Crippen MR) is 79.3 cm³/mol. The molecular weight excluding hydrogens is 236 g/mol. The van der Waals surface area contributed by atoms with E-state index in [2.05, 4.69) is 14.7 Å². The molecular formula is C15H30N4. The molecule has 1 atom stereocenters. The summed E-state index contributed by atoms with van der Waals surface area (Å²) in [6.45, 7) is 10.3. The Morgan fingerprint density at radius 3 is 2.16 bits per heavy atom. The van der Waals surface area contributed by atoms with Gasteiger partial charge in [0, 0.05) is 31.7 Å². The highest BCUT2D eigenvalue weighted by molar-refractivity contribution is 4.86. The Kier molecular flexibility index (Phi) is 4.74. The molecule has 110 valence electrons. The maximum atomic E-state index is 5.96. The third-order valence-electron chi connectivity index (χ3n) is 5.27. The van der Waals surface area contributed by atoms with E-state index in [1.807, 2.05) is 0 Å². The van der Waals surface area contributed by atoms with Crippen LogP contribution in [0.4, 0.5) is 0 Å². The van der Waals surface area contributed by atoms with Crippen molar-refractivity contribution < 1.29 is 0 Å². The molecule has 3 fully saturated rings. The maximum absolute atomic E-state index is 5.96. The molecule has 0 bridgehead atoms. The molecule has 0 saturated carbocycles. The zero-order valence-electron chi connectivity index (χ0n) is 12.3. The van der Waals surface area contributed by atoms with Crippen LogP contribution in [0.15, 0.2) is 0 Å². The van der Waals surface area contributed by atoms with Crippen LogP contribution in [-0.4, -0.2) is 79.1 Å². The summed E-state index contributed by atoms with van der Waals surface area (Å²) in [5.41, 5.74) is 5.96. The Morgan fingerprint density at radius 1 is 0.789 bits per heavy atom. The van der Waals surface area contributed by atoms with E-state index < -0.39 is 0 Å². The minimum absolute atomic E-state index is 0.461. The number of nitrogens with two attached hydrogens (primary N) is 1. The average Bonchev–Trinajstić information content (AvgIpc) is 3.09. The smallest absolute Gasteiger partial charge is 0.0235 e. The summed E-state index contributed by atoms with van der Waals surface area (Å²) in [5.74, 6) is 0. The number of rotatable bonds is 4. The lowest BCUT2D eigenvalue weighted by molar-refractivity contribution is 0.177. The largest absolute Gasteiger partial charge is 0.328 e. The van der Waals surface area contributed by atoms with Crippen molar-refractivity contribution in [3.05, 3.63) is 0 Å². The first-order valence-electron chi connectivity index (χ1n) is 8.25. The maximum Gasteiger partial charge on any atom is 0.0235 e. The highest BCUT2D eigenvalue weighted by Gasteiger charge is 2.29. The Labute approximate surface area is 117 Å². The van der Waals surface area contributed by atoms with Gasteiger partial charge >= 0.3 is 0 Å². The molecule has 3 rings (SSSR count). The molecule has 2 N–H and O–H groups in total. The lowest BCUT2D eigenvalue weighted by Crippen LogP contribution is -2.43. The van der Waals surface area contributed by atoms with E-state index >= 15 is 0 Å². The van der Waals surface area contributed by atoms with E-state index in [0.29, 0.717) is 6.04 Å². The summed E-state index contributed by atoms with van der Waals surface area (Å²) in [4.78, 5) is 8.00. The van der Waals surface area contributed by atoms with Crippen molar-refractivity contribution in [3.63, 3.8) is 0 Å². The number of piperidine rings is 1. The van der Waals surface area contributed by atoms with E-state index in [0.717, 1.165) is 6.04 Å². The van der Waals surface area contributed by atoms with Crippen LogP contribution < -0.4 is 5.73 Å². The molecule has 3 aliphatic heterocycles. The Bertz CT molecular complexity index is 269. The van der Waals surface area contributed by atoms with Crippen molar-refractivity contribution in [3.8, 4) is 0 Å². The van der Waals surface area contributed by atoms with E-state index in [9.17, 15) is 0 Å². The van der Waals surface area contributed by atoms with Gasteiger partial charge in [0.05, 0.1) is 0 Å². The third kappa shape index (κ3) is 3.69. The lowest BCUT2D eigenvalue weighted by Gasteiger charge is -2.31. The van der Waals surface area contributed by atoms with Crippen LogP contribution in [0.3, 0.4) is 0 Å². The van der Waals surface area contributed by atoms with Gasteiger partial charge in [-0.1, -0.05) is 0 Å². The van der Waals surface area contributed by atoms with Crippen molar-refractivity contribution in [1.29, 1.82) is 0 Å². The van der Waals surface area contributed by atoms with Crippen LogP contribution >= 0.6 is 0 Å². The van der Waals surface area contributed by atoms with Crippen molar-refractivity contribution in [2.24, 2.45) is 5.73 Å². The fourth-order valence-corrected chi connectivity index (χ4v) is 3.88. The second-order valence-corrected chi connectivity index (χ2v) is 6.67. The average molecular weight is 266 g/mol. The van der Waals surface area contributed by atoms with Gasteiger partial charge in [-0.05, 0) is 64.8 Å². The molecule has 1 unspecified atom stereocenters. The summed E-state index contributed by atoms with van der Waals surface area (Å²) in [5, 5.41) is 0. The second kappa shape index (κ2) is 6.53. The summed E-state index contributed by atoms with van der Waals surface area (Å²) in [7, 11) is 0. The molecule has 0 spiro atoms. The van der Waals surface area contributed by atoms with E-state index in [1.165, 1.54) is 84.5 Å². The van der Waals surface area contributed by atoms with E-state index in [1.54, 1.807) is 0 Å². The molecule has 0 aromatic heterocycles. The van der Waals surface area contributed by atoms with Gasteiger partial charge in [-0.2, -0.15) is 0 Å². The molecule has 3 saturated heterocycles. The number of likely N-dealkylation sites (tertiary alicyclic amines) is 3. The van der Waals surface area contributed by atoms with Gasteiger partial charge < -0.3 is 15.5 Å². The highest BCUT2D eigenvalue weighted by Crippen LogP contribution is 2.20. The normalized spacial score (nSPS) is 32.4. The molecule has 19 heavy (non-hydrogen) atoms. The van der Waals surface area contributed by atoms with Gasteiger partial charge in [-0.3, -0.25) is 4.90 Å². The minimum Gasteiger partial charge on any atom is -0.328 e. The molecule has 3 aliphatic rings. The van der Waals surface area contributed by atoms with Crippen molar-refractivity contribution in [2.75, 3.05) is 52.4 Å². The molecule has 4 nitrogen and oxygen atoms in total. The van der Waals surface area contributed by atoms with Crippen LogP contribution in [0, 0.1) is 0 Å². The van der Waals surface area contributed by atoms with Crippen LogP contribution in [0.1, 0.15) is 32.1 Å². The van der Waals surface area contributed by atoms with Crippen LogP contribution in [-0.2, 0) is 0 Å². The molecule has 0 aromatic rings. The first-order chi connectivity index (χ1) is 9.31. The van der Waals surface area contributed by atoms with Gasteiger partial charge in [-0.15, -0.1) is 0 Å². The Hall–Kier alpha value is -0.160. The fourth-order valence-electron chi connectivity index (χ4n) is 3.88. The van der Waals surface area contributed by atoms with Gasteiger partial charge in [0.2, 0.25) is 0 Å². The number of hydrogen-bond acceptors (Lipinski definition) is 4. The van der Waals surface area contributed by atoms with Crippen molar-refractivity contribution in [2.45, 2.75) is 44.2 Å². The molecule has 0 radical (unpaired) electrons. The van der Waals surface area contributed by atoms with Crippen molar-refractivity contribution >= 4 is 0 Å². The summed E-state index contributed by atoms with van der Waals surface area (Å²) in [6, 6.07) is 1.32. The Balaban J connectivity index is 1.35. The third-order valence-corrected chi connectivity index (χ3v) is 5.27. The Morgan fingerprint density at radius 2 is 1.42 bits per heavy atom. The molecule has 4 heteroatoms. The molecule has 0 aromatic carbocycles. The molecule has 0 amide bonds. The van der Waals surface area contributed by atoms with Gasteiger partial charge in [0.15, 0.2) is 0 Å². The summed E-state index contributed by atoms with van der Waals surface area (Å²) >= 11 is 0. The standard InChI is InChI=1S/C15H30N4/c16-14-3-8-17(9-4-14)11-12-18-10-5-15(13-18)19-6-1-2-7-19/h14-15H,1-13,16H2. The quantitative estimate of drug-likeness (QED) is 0.807. The number of hydrogen-bond donors (Lipinski definition) is 1. The van der Waals surface area contributed by atoms with Crippen LogP contribution in [0.5, 0.6) is 0 Å². The second-order valence-electron chi connectivity index (χ2n) is 6.67. The van der Waals surface area contributed by atoms with Crippen LogP contribution in [0.25, 0.3) is 0 Å². The SMILES string of the molecule is NC1CCN(CCN2CCC(N3CCCC3)C2)CC1. The predicted octanol–water partition coefficient (Wildman–Crippen LogP) is 0.580. The monoisotopic (exact) mass is 266 g/mol. The van der Waals surface area contributed by atoms with Gasteiger partial charge in [0.25, 0.3) is 0 Å². The van der Waals surface area contributed by atoms with Gasteiger partial charge in [-0.25, -0.2) is 0 Å².